The lowest BCUT2D eigenvalue weighted by molar-refractivity contribution is -0.386. The average molecular weight is 280 g/mol. The zero-order chi connectivity index (χ0) is 14.8. The summed E-state index contributed by atoms with van der Waals surface area (Å²) in [5.41, 5.74) is 1.13. The fraction of sp³-hybridized carbons (Fsp3) is 0.0625. The van der Waals surface area contributed by atoms with Gasteiger partial charge in [0.2, 0.25) is 5.76 Å². The molecule has 21 heavy (non-hydrogen) atoms. The smallest absolute Gasteiger partial charge is 0.338 e. The van der Waals surface area contributed by atoms with Gasteiger partial charge in [0, 0.05) is 0 Å². The molecule has 0 aliphatic heterocycles. The number of nitrogens with zero attached hydrogens (tertiary/aromatic N) is 2. The standard InChI is InChI=1S/C16H12N2O3/c1-11-16(18(19)20)15(21-17-11)9-7-12-6-8-13-4-2-3-5-14(13)10-12/h2-10H,1H3/b9-7+. The van der Waals surface area contributed by atoms with Gasteiger partial charge in [-0.2, -0.15) is 0 Å². The molecule has 0 saturated heterocycles. The lowest BCUT2D eigenvalue weighted by Crippen LogP contribution is -1.90. The average Bonchev–Trinajstić information content (AvgIpc) is 2.86. The number of hydrogen-bond donors (Lipinski definition) is 0. The van der Waals surface area contributed by atoms with Crippen LogP contribution in [0, 0.1) is 17.0 Å². The van der Waals surface area contributed by atoms with Crippen molar-refractivity contribution in [3.05, 3.63) is 69.6 Å². The number of aryl methyl sites for hydroxylation is 1. The first-order valence-electron chi connectivity index (χ1n) is 6.43. The number of rotatable bonds is 3. The molecule has 0 atom stereocenters. The molecule has 5 nitrogen and oxygen atoms in total. The molecule has 5 heteroatoms. The van der Waals surface area contributed by atoms with Crippen LogP contribution in [-0.4, -0.2) is 10.1 Å². The van der Waals surface area contributed by atoms with Gasteiger partial charge in [0.25, 0.3) is 0 Å². The molecule has 3 rings (SSSR count). The molecule has 0 radical (unpaired) electrons. The molecule has 104 valence electrons. The summed E-state index contributed by atoms with van der Waals surface area (Å²) in [7, 11) is 0. The molecule has 0 aliphatic carbocycles. The van der Waals surface area contributed by atoms with E-state index in [2.05, 4.69) is 5.16 Å². The van der Waals surface area contributed by atoms with Crippen molar-refractivity contribution in [1.82, 2.24) is 5.16 Å². The van der Waals surface area contributed by atoms with E-state index in [-0.39, 0.29) is 17.1 Å². The molecular weight excluding hydrogens is 268 g/mol. The minimum absolute atomic E-state index is 0.0907. The Bertz CT molecular complexity index is 850. The highest BCUT2D eigenvalue weighted by molar-refractivity contribution is 5.86. The Morgan fingerprint density at radius 3 is 2.67 bits per heavy atom. The minimum atomic E-state index is -0.480. The summed E-state index contributed by atoms with van der Waals surface area (Å²) in [6.45, 7) is 1.55. The fourth-order valence-corrected chi connectivity index (χ4v) is 2.20. The van der Waals surface area contributed by atoms with Gasteiger partial charge in [-0.15, -0.1) is 0 Å². The Labute approximate surface area is 120 Å². The second-order valence-corrected chi connectivity index (χ2v) is 4.68. The summed E-state index contributed by atoms with van der Waals surface area (Å²) < 4.78 is 4.99. The number of benzene rings is 2. The molecule has 2 aromatic carbocycles. The van der Waals surface area contributed by atoms with Crippen LogP contribution in [0.15, 0.2) is 47.0 Å². The molecule has 0 aliphatic rings. The largest absolute Gasteiger partial charge is 0.349 e. The first-order chi connectivity index (χ1) is 10.1. The Kier molecular flexibility index (Phi) is 3.23. The van der Waals surface area contributed by atoms with Crippen molar-refractivity contribution in [3.63, 3.8) is 0 Å². The molecular formula is C16H12N2O3. The monoisotopic (exact) mass is 280 g/mol. The van der Waals surface area contributed by atoms with E-state index in [1.807, 2.05) is 42.5 Å². The molecule has 1 aromatic heterocycles. The molecule has 0 fully saturated rings. The molecule has 0 unspecified atom stereocenters. The predicted octanol–water partition coefficient (Wildman–Crippen LogP) is 4.21. The van der Waals surface area contributed by atoms with Crippen molar-refractivity contribution in [2.75, 3.05) is 0 Å². The van der Waals surface area contributed by atoms with E-state index >= 15 is 0 Å². The molecule has 3 aromatic rings. The van der Waals surface area contributed by atoms with Crippen molar-refractivity contribution in [3.8, 4) is 0 Å². The van der Waals surface area contributed by atoms with Crippen molar-refractivity contribution in [2.45, 2.75) is 6.92 Å². The minimum Gasteiger partial charge on any atom is -0.349 e. The van der Waals surface area contributed by atoms with Gasteiger partial charge in [-0.05, 0) is 35.4 Å². The molecule has 0 bridgehead atoms. The van der Waals surface area contributed by atoms with Crippen molar-refractivity contribution < 1.29 is 9.45 Å². The lowest BCUT2D eigenvalue weighted by atomic mass is 10.1. The van der Waals surface area contributed by atoms with Crippen LogP contribution in [-0.2, 0) is 0 Å². The van der Waals surface area contributed by atoms with Gasteiger partial charge < -0.3 is 4.52 Å². The summed E-state index contributed by atoms with van der Waals surface area (Å²) >= 11 is 0. The van der Waals surface area contributed by atoms with Crippen molar-refractivity contribution >= 4 is 28.6 Å². The van der Waals surface area contributed by atoms with Crippen LogP contribution in [0.4, 0.5) is 5.69 Å². The zero-order valence-corrected chi connectivity index (χ0v) is 11.3. The molecule has 1 heterocycles. The van der Waals surface area contributed by atoms with E-state index in [1.54, 1.807) is 19.1 Å². The van der Waals surface area contributed by atoms with Crippen LogP contribution in [0.1, 0.15) is 17.0 Å². The molecule has 0 amide bonds. The maximum Gasteiger partial charge on any atom is 0.338 e. The summed E-state index contributed by atoms with van der Waals surface area (Å²) in [5, 5.41) is 16.9. The third-order valence-electron chi connectivity index (χ3n) is 3.24. The number of aromatic nitrogens is 1. The first-order valence-corrected chi connectivity index (χ1v) is 6.43. The lowest BCUT2D eigenvalue weighted by Gasteiger charge is -1.98. The van der Waals surface area contributed by atoms with Crippen LogP contribution in [0.25, 0.3) is 22.9 Å². The van der Waals surface area contributed by atoms with Crippen LogP contribution >= 0.6 is 0 Å². The van der Waals surface area contributed by atoms with Crippen LogP contribution < -0.4 is 0 Å². The SMILES string of the molecule is Cc1noc(/C=C/c2ccc3ccccc3c2)c1[N+](=O)[O-]. The Morgan fingerprint density at radius 1 is 1.14 bits per heavy atom. The van der Waals surface area contributed by atoms with Gasteiger partial charge in [-0.1, -0.05) is 47.6 Å². The highest BCUT2D eigenvalue weighted by Crippen LogP contribution is 2.25. The zero-order valence-electron chi connectivity index (χ0n) is 11.3. The predicted molar refractivity (Wildman–Crippen MR) is 80.8 cm³/mol. The molecule has 0 saturated carbocycles. The van der Waals surface area contributed by atoms with Gasteiger partial charge in [-0.3, -0.25) is 10.1 Å². The molecule has 0 spiro atoms. The van der Waals surface area contributed by atoms with Gasteiger partial charge in [-0.25, -0.2) is 0 Å². The number of fused-ring (bicyclic) bond motifs is 1. The summed E-state index contributed by atoms with van der Waals surface area (Å²) in [6, 6.07) is 14.0. The number of hydrogen-bond acceptors (Lipinski definition) is 4. The Hall–Kier alpha value is -2.95. The summed E-state index contributed by atoms with van der Waals surface area (Å²) in [5.74, 6) is 0.158. The van der Waals surface area contributed by atoms with Crippen molar-refractivity contribution in [1.29, 1.82) is 0 Å². The van der Waals surface area contributed by atoms with E-state index in [9.17, 15) is 10.1 Å². The topological polar surface area (TPSA) is 69.2 Å². The van der Waals surface area contributed by atoms with Crippen molar-refractivity contribution in [2.24, 2.45) is 0 Å². The van der Waals surface area contributed by atoms with E-state index in [0.717, 1.165) is 16.3 Å². The second kappa shape index (κ2) is 5.20. The maximum atomic E-state index is 11.0. The van der Waals surface area contributed by atoms with Crippen LogP contribution in [0.2, 0.25) is 0 Å². The number of nitro groups is 1. The second-order valence-electron chi connectivity index (χ2n) is 4.68. The summed E-state index contributed by atoms with van der Waals surface area (Å²) in [4.78, 5) is 10.5. The molecule has 0 N–H and O–H groups in total. The maximum absolute atomic E-state index is 11.0. The van der Waals surface area contributed by atoms with Crippen LogP contribution in [0.5, 0.6) is 0 Å². The highest BCUT2D eigenvalue weighted by atomic mass is 16.6. The highest BCUT2D eigenvalue weighted by Gasteiger charge is 2.21. The third-order valence-corrected chi connectivity index (χ3v) is 3.24. The first kappa shape index (κ1) is 13.1. The van der Waals surface area contributed by atoms with Gasteiger partial charge in [0.05, 0.1) is 4.92 Å². The normalized spacial score (nSPS) is 11.3. The van der Waals surface area contributed by atoms with Crippen LogP contribution in [0.3, 0.4) is 0 Å². The van der Waals surface area contributed by atoms with Gasteiger partial charge >= 0.3 is 5.69 Å². The van der Waals surface area contributed by atoms with Gasteiger partial charge in [0.15, 0.2) is 5.69 Å². The van der Waals surface area contributed by atoms with E-state index in [0.29, 0.717) is 0 Å². The quantitative estimate of drug-likeness (QED) is 0.532. The van der Waals surface area contributed by atoms with E-state index < -0.39 is 4.92 Å². The Balaban J connectivity index is 1.96. The van der Waals surface area contributed by atoms with E-state index in [1.165, 1.54) is 0 Å². The summed E-state index contributed by atoms with van der Waals surface area (Å²) in [6.07, 6.45) is 3.35. The fourth-order valence-electron chi connectivity index (χ4n) is 2.20. The van der Waals surface area contributed by atoms with Gasteiger partial charge in [0.1, 0.15) is 0 Å². The Morgan fingerprint density at radius 2 is 1.90 bits per heavy atom. The third kappa shape index (κ3) is 2.53. The van der Waals surface area contributed by atoms with E-state index in [4.69, 9.17) is 4.52 Å².